The molecule has 0 bridgehead atoms. The fourth-order valence-electron chi connectivity index (χ4n) is 2.02. The quantitative estimate of drug-likeness (QED) is 0.842. The molecule has 0 heterocycles. The molecule has 0 saturated heterocycles. The number of benzene rings is 2. The second kappa shape index (κ2) is 7.70. The fourth-order valence-corrected chi connectivity index (χ4v) is 2.23. The highest BCUT2D eigenvalue weighted by Gasteiger charge is 2.09. The molecule has 0 atom stereocenters. The van der Waals surface area contributed by atoms with Crippen LogP contribution in [0, 0.1) is 6.92 Å². The Bertz CT molecular complexity index is 772. The van der Waals surface area contributed by atoms with E-state index in [4.69, 9.17) is 12.2 Å². The van der Waals surface area contributed by atoms with Gasteiger partial charge in [0, 0.05) is 30.9 Å². The molecule has 24 heavy (non-hydrogen) atoms. The summed E-state index contributed by atoms with van der Waals surface area (Å²) in [6, 6.07) is 14.4. The first kappa shape index (κ1) is 17.6. The molecule has 2 rings (SSSR count). The van der Waals surface area contributed by atoms with E-state index >= 15 is 0 Å². The minimum absolute atomic E-state index is 0.0672. The zero-order valence-electron chi connectivity index (χ0n) is 13.8. The Hall–Kier alpha value is -2.73. The summed E-state index contributed by atoms with van der Waals surface area (Å²) in [6.45, 7) is 3.45. The summed E-state index contributed by atoms with van der Waals surface area (Å²) in [4.78, 5) is 25.1. The van der Waals surface area contributed by atoms with Gasteiger partial charge in [0.2, 0.25) is 5.91 Å². The van der Waals surface area contributed by atoms with E-state index in [2.05, 4.69) is 10.6 Å². The molecule has 0 aromatic heterocycles. The first-order chi connectivity index (χ1) is 11.4. The summed E-state index contributed by atoms with van der Waals surface area (Å²) in [5, 5.41) is 5.78. The van der Waals surface area contributed by atoms with Gasteiger partial charge in [0.15, 0.2) is 5.11 Å². The highest BCUT2D eigenvalue weighted by molar-refractivity contribution is 7.80. The maximum atomic E-state index is 12.1. The number of anilines is 2. The van der Waals surface area contributed by atoms with Crippen molar-refractivity contribution in [3.05, 3.63) is 59.7 Å². The zero-order valence-corrected chi connectivity index (χ0v) is 14.6. The predicted octanol–water partition coefficient (Wildman–Crippen LogP) is 3.10. The third-order valence-corrected chi connectivity index (χ3v) is 3.71. The van der Waals surface area contributed by atoms with Crippen molar-refractivity contribution in [3.8, 4) is 0 Å². The summed E-state index contributed by atoms with van der Waals surface area (Å²) in [6.07, 6.45) is 0. The van der Waals surface area contributed by atoms with Crippen LogP contribution >= 0.6 is 12.2 Å². The number of amides is 2. The van der Waals surface area contributed by atoms with Crippen molar-refractivity contribution >= 4 is 40.5 Å². The van der Waals surface area contributed by atoms with Gasteiger partial charge >= 0.3 is 0 Å². The maximum Gasteiger partial charge on any atom is 0.257 e. The number of thiocarbonyl (C=S) groups is 1. The molecule has 0 unspecified atom stereocenters. The average Bonchev–Trinajstić information content (AvgIpc) is 2.54. The summed E-state index contributed by atoms with van der Waals surface area (Å²) in [5.41, 5.74) is 3.04. The molecule has 2 aromatic carbocycles. The van der Waals surface area contributed by atoms with Crippen LogP contribution in [0.4, 0.5) is 11.4 Å². The molecular formula is C18H19N3O2S. The van der Waals surface area contributed by atoms with E-state index in [0.717, 1.165) is 11.3 Å². The molecule has 0 aliphatic rings. The standard InChI is InChI=1S/C18H19N3O2S/c1-12-7-9-14(10-8-12)17(23)20-18(24)19-15-5-4-6-16(11-15)21(3)13(2)22/h4-11H,1-3H3,(H2,19,20,23,24). The first-order valence-electron chi connectivity index (χ1n) is 7.40. The summed E-state index contributed by atoms with van der Waals surface area (Å²) >= 11 is 5.17. The summed E-state index contributed by atoms with van der Waals surface area (Å²) in [7, 11) is 1.69. The van der Waals surface area contributed by atoms with Crippen molar-refractivity contribution in [3.63, 3.8) is 0 Å². The normalized spacial score (nSPS) is 9.96. The number of nitrogens with zero attached hydrogens (tertiary/aromatic N) is 1. The van der Waals surface area contributed by atoms with Crippen molar-refractivity contribution in [1.29, 1.82) is 0 Å². The van der Waals surface area contributed by atoms with Gasteiger partial charge in [-0.15, -0.1) is 0 Å². The average molecular weight is 341 g/mol. The lowest BCUT2D eigenvalue weighted by Gasteiger charge is -2.16. The van der Waals surface area contributed by atoms with Crippen molar-refractivity contribution in [2.75, 3.05) is 17.3 Å². The largest absolute Gasteiger partial charge is 0.332 e. The van der Waals surface area contributed by atoms with E-state index in [0.29, 0.717) is 11.3 Å². The van der Waals surface area contributed by atoms with Gasteiger partial charge in [0.25, 0.3) is 5.91 Å². The third kappa shape index (κ3) is 4.63. The summed E-state index contributed by atoms with van der Waals surface area (Å²) < 4.78 is 0. The molecule has 0 saturated carbocycles. The van der Waals surface area contributed by atoms with Gasteiger partial charge in [-0.25, -0.2) is 0 Å². The Balaban J connectivity index is 2.02. The molecule has 2 amide bonds. The van der Waals surface area contributed by atoms with Crippen molar-refractivity contribution in [2.24, 2.45) is 0 Å². The van der Waals surface area contributed by atoms with Crippen molar-refractivity contribution in [2.45, 2.75) is 13.8 Å². The Morgan fingerprint density at radius 3 is 2.38 bits per heavy atom. The van der Waals surface area contributed by atoms with Gasteiger partial charge in [0.1, 0.15) is 0 Å². The first-order valence-corrected chi connectivity index (χ1v) is 7.81. The molecule has 6 heteroatoms. The van der Waals surface area contributed by atoms with E-state index in [1.165, 1.54) is 11.8 Å². The van der Waals surface area contributed by atoms with Gasteiger partial charge in [-0.05, 0) is 49.5 Å². The van der Waals surface area contributed by atoms with Gasteiger partial charge in [-0.3, -0.25) is 14.9 Å². The highest BCUT2D eigenvalue weighted by Crippen LogP contribution is 2.18. The molecule has 124 valence electrons. The molecule has 0 spiro atoms. The molecule has 5 nitrogen and oxygen atoms in total. The molecule has 0 fully saturated rings. The molecule has 2 aromatic rings. The Kier molecular flexibility index (Phi) is 5.65. The number of rotatable bonds is 3. The van der Waals surface area contributed by atoms with E-state index in [1.807, 2.05) is 37.3 Å². The number of hydrogen-bond donors (Lipinski definition) is 2. The molecule has 0 aliphatic carbocycles. The van der Waals surface area contributed by atoms with Crippen LogP contribution in [0.2, 0.25) is 0 Å². The predicted molar refractivity (Wildman–Crippen MR) is 100 cm³/mol. The van der Waals surface area contributed by atoms with Gasteiger partial charge in [-0.1, -0.05) is 23.8 Å². The van der Waals surface area contributed by atoms with Gasteiger partial charge < -0.3 is 10.2 Å². The lowest BCUT2D eigenvalue weighted by atomic mass is 10.1. The van der Waals surface area contributed by atoms with Crippen LogP contribution in [-0.4, -0.2) is 24.0 Å². The lowest BCUT2D eigenvalue weighted by molar-refractivity contribution is -0.116. The minimum atomic E-state index is -0.274. The fraction of sp³-hybridized carbons (Fsp3) is 0.167. The van der Waals surface area contributed by atoms with Crippen LogP contribution in [0.25, 0.3) is 0 Å². The monoisotopic (exact) mass is 341 g/mol. The SMILES string of the molecule is CC(=O)N(C)c1cccc(NC(=S)NC(=O)c2ccc(C)cc2)c1. The van der Waals surface area contributed by atoms with Crippen molar-refractivity contribution < 1.29 is 9.59 Å². The second-order valence-electron chi connectivity index (χ2n) is 5.40. The number of nitrogens with one attached hydrogen (secondary N) is 2. The zero-order chi connectivity index (χ0) is 17.7. The smallest absolute Gasteiger partial charge is 0.257 e. The Morgan fingerprint density at radius 1 is 1.08 bits per heavy atom. The molecule has 0 aliphatic heterocycles. The topological polar surface area (TPSA) is 61.4 Å². The number of carbonyl (C=O) groups is 2. The van der Waals surface area contributed by atoms with Crippen LogP contribution in [-0.2, 0) is 4.79 Å². The van der Waals surface area contributed by atoms with Crippen LogP contribution in [0.15, 0.2) is 48.5 Å². The molecule has 0 radical (unpaired) electrons. The summed E-state index contributed by atoms with van der Waals surface area (Å²) in [5.74, 6) is -0.341. The minimum Gasteiger partial charge on any atom is -0.332 e. The van der Waals surface area contributed by atoms with Crippen LogP contribution in [0.5, 0.6) is 0 Å². The van der Waals surface area contributed by atoms with E-state index in [1.54, 1.807) is 25.2 Å². The van der Waals surface area contributed by atoms with Gasteiger partial charge in [0.05, 0.1) is 0 Å². The van der Waals surface area contributed by atoms with E-state index < -0.39 is 0 Å². The van der Waals surface area contributed by atoms with Crippen molar-refractivity contribution in [1.82, 2.24) is 5.32 Å². The van der Waals surface area contributed by atoms with E-state index in [-0.39, 0.29) is 16.9 Å². The molecular weight excluding hydrogens is 322 g/mol. The maximum absolute atomic E-state index is 12.1. The lowest BCUT2D eigenvalue weighted by Crippen LogP contribution is -2.34. The van der Waals surface area contributed by atoms with E-state index in [9.17, 15) is 9.59 Å². The number of aryl methyl sites for hydroxylation is 1. The Morgan fingerprint density at radius 2 is 1.75 bits per heavy atom. The van der Waals surface area contributed by atoms with Crippen LogP contribution < -0.4 is 15.5 Å². The molecule has 2 N–H and O–H groups in total. The Labute approximate surface area is 146 Å². The van der Waals surface area contributed by atoms with Gasteiger partial charge in [-0.2, -0.15) is 0 Å². The second-order valence-corrected chi connectivity index (χ2v) is 5.81. The third-order valence-electron chi connectivity index (χ3n) is 3.50. The van der Waals surface area contributed by atoms with Crippen LogP contribution in [0.3, 0.4) is 0 Å². The number of carbonyl (C=O) groups excluding carboxylic acids is 2. The highest BCUT2D eigenvalue weighted by atomic mass is 32.1. The number of hydrogen-bond acceptors (Lipinski definition) is 3. The van der Waals surface area contributed by atoms with Crippen LogP contribution in [0.1, 0.15) is 22.8 Å².